The van der Waals surface area contributed by atoms with Crippen LogP contribution in [0, 0.1) is 0 Å². The Morgan fingerprint density at radius 2 is 1.81 bits per heavy atom. The molecule has 2 aromatic carbocycles. The fourth-order valence-electron chi connectivity index (χ4n) is 2.20. The van der Waals surface area contributed by atoms with E-state index < -0.39 is 12.0 Å². The molecule has 2 aromatic rings. The lowest BCUT2D eigenvalue weighted by Gasteiger charge is -2.15. The molecule has 0 spiro atoms. The molecule has 2 rings (SSSR count). The lowest BCUT2D eigenvalue weighted by atomic mass is 10.2. The van der Waals surface area contributed by atoms with E-state index in [0.29, 0.717) is 41.3 Å². The van der Waals surface area contributed by atoms with E-state index >= 15 is 0 Å². The van der Waals surface area contributed by atoms with Crippen molar-refractivity contribution in [2.24, 2.45) is 0 Å². The highest BCUT2D eigenvalue weighted by atomic mass is 35.5. The Kier molecular flexibility index (Phi) is 7.57. The van der Waals surface area contributed by atoms with Crippen molar-refractivity contribution < 1.29 is 19.4 Å². The number of ether oxygens (including phenoxy) is 2. The van der Waals surface area contributed by atoms with Crippen molar-refractivity contribution in [2.75, 3.05) is 6.61 Å². The van der Waals surface area contributed by atoms with Crippen LogP contribution in [0.4, 0.5) is 0 Å². The van der Waals surface area contributed by atoms with E-state index in [1.54, 1.807) is 19.1 Å². The molecular weight excluding hydrogens is 377 g/mol. The molecule has 0 aromatic heterocycles. The van der Waals surface area contributed by atoms with Gasteiger partial charge in [0, 0.05) is 6.54 Å². The van der Waals surface area contributed by atoms with E-state index in [2.05, 4.69) is 5.32 Å². The first-order valence-corrected chi connectivity index (χ1v) is 8.95. The van der Waals surface area contributed by atoms with Gasteiger partial charge in [-0.1, -0.05) is 35.3 Å². The molecule has 140 valence electrons. The fourth-order valence-corrected chi connectivity index (χ4v) is 2.52. The van der Waals surface area contributed by atoms with Crippen molar-refractivity contribution in [3.63, 3.8) is 0 Å². The molecule has 0 radical (unpaired) electrons. The Bertz CT molecular complexity index is 767. The normalized spacial score (nSPS) is 11.8. The van der Waals surface area contributed by atoms with E-state index in [0.717, 1.165) is 11.1 Å². The molecule has 0 aliphatic carbocycles. The van der Waals surface area contributed by atoms with Crippen molar-refractivity contribution >= 4 is 29.2 Å². The van der Waals surface area contributed by atoms with Crippen LogP contribution >= 0.6 is 23.2 Å². The zero-order chi connectivity index (χ0) is 19.1. The Hall–Kier alpha value is -1.95. The average molecular weight is 398 g/mol. The number of halogens is 2. The highest BCUT2D eigenvalue weighted by molar-refractivity contribution is 6.42. The number of hydrogen-bond acceptors (Lipinski definition) is 4. The van der Waals surface area contributed by atoms with E-state index in [1.807, 2.05) is 31.2 Å². The Morgan fingerprint density at radius 1 is 1.08 bits per heavy atom. The number of benzene rings is 2. The van der Waals surface area contributed by atoms with E-state index in [9.17, 15) is 4.79 Å². The highest BCUT2D eigenvalue weighted by Crippen LogP contribution is 2.30. The third-order valence-electron chi connectivity index (χ3n) is 3.67. The molecule has 0 bridgehead atoms. The summed E-state index contributed by atoms with van der Waals surface area (Å²) in [4.78, 5) is 10.9. The van der Waals surface area contributed by atoms with Crippen LogP contribution in [0.3, 0.4) is 0 Å². The lowest BCUT2D eigenvalue weighted by Crippen LogP contribution is -2.33. The molecule has 0 aliphatic rings. The van der Waals surface area contributed by atoms with Gasteiger partial charge >= 0.3 is 5.97 Å². The molecule has 0 saturated carbocycles. The predicted octanol–water partition coefficient (Wildman–Crippen LogP) is 4.53. The second-order valence-corrected chi connectivity index (χ2v) is 6.51. The molecule has 0 amide bonds. The molecule has 0 saturated heterocycles. The van der Waals surface area contributed by atoms with Crippen LogP contribution in [0.15, 0.2) is 36.4 Å². The van der Waals surface area contributed by atoms with Crippen molar-refractivity contribution in [3.8, 4) is 11.5 Å². The van der Waals surface area contributed by atoms with E-state index in [1.165, 1.54) is 0 Å². The maximum atomic E-state index is 10.9. The predicted molar refractivity (Wildman–Crippen MR) is 102 cm³/mol. The van der Waals surface area contributed by atoms with Crippen LogP contribution in [-0.2, 0) is 17.9 Å². The second kappa shape index (κ2) is 9.67. The molecule has 2 N–H and O–H groups in total. The molecule has 1 atom stereocenters. The Balaban J connectivity index is 2.07. The number of carboxylic acid groups (broad SMARTS) is 1. The quantitative estimate of drug-likeness (QED) is 0.650. The molecule has 5 nitrogen and oxygen atoms in total. The van der Waals surface area contributed by atoms with Crippen LogP contribution in [0.2, 0.25) is 10.0 Å². The fraction of sp³-hybridized carbons (Fsp3) is 0.316. The summed E-state index contributed by atoms with van der Waals surface area (Å²) in [6, 6.07) is 10.2. The number of carboxylic acids is 1. The number of hydrogen-bond donors (Lipinski definition) is 2. The van der Waals surface area contributed by atoms with Gasteiger partial charge in [-0.15, -0.1) is 0 Å². The summed E-state index contributed by atoms with van der Waals surface area (Å²) < 4.78 is 11.5. The van der Waals surface area contributed by atoms with Gasteiger partial charge in [-0.2, -0.15) is 0 Å². The van der Waals surface area contributed by atoms with Crippen LogP contribution in [0.5, 0.6) is 11.5 Å². The van der Waals surface area contributed by atoms with Crippen LogP contribution in [0.25, 0.3) is 0 Å². The van der Waals surface area contributed by atoms with Gasteiger partial charge in [0.1, 0.15) is 12.6 Å². The van der Waals surface area contributed by atoms with Crippen molar-refractivity contribution in [2.45, 2.75) is 33.0 Å². The molecule has 26 heavy (non-hydrogen) atoms. The van der Waals surface area contributed by atoms with Crippen LogP contribution in [-0.4, -0.2) is 23.7 Å². The summed E-state index contributed by atoms with van der Waals surface area (Å²) in [6.45, 7) is 4.72. The zero-order valence-corrected chi connectivity index (χ0v) is 16.1. The summed E-state index contributed by atoms with van der Waals surface area (Å²) in [7, 11) is 0. The first-order valence-electron chi connectivity index (χ1n) is 8.19. The molecular formula is C19H21Cl2NO4. The number of carbonyl (C=O) groups is 1. The second-order valence-electron chi connectivity index (χ2n) is 5.69. The van der Waals surface area contributed by atoms with E-state index in [-0.39, 0.29) is 0 Å². The summed E-state index contributed by atoms with van der Waals surface area (Å²) in [5.74, 6) is 0.319. The topological polar surface area (TPSA) is 67.8 Å². The summed E-state index contributed by atoms with van der Waals surface area (Å²) >= 11 is 11.9. The minimum atomic E-state index is -0.892. The van der Waals surface area contributed by atoms with Gasteiger partial charge in [-0.25, -0.2) is 0 Å². The molecule has 0 aliphatic heterocycles. The van der Waals surface area contributed by atoms with Crippen molar-refractivity contribution in [1.82, 2.24) is 5.32 Å². The van der Waals surface area contributed by atoms with E-state index in [4.69, 9.17) is 37.8 Å². The molecule has 0 heterocycles. The maximum absolute atomic E-state index is 10.9. The lowest BCUT2D eigenvalue weighted by molar-refractivity contribution is -0.139. The Labute approximate surface area is 162 Å². The highest BCUT2D eigenvalue weighted by Gasteiger charge is 2.11. The summed E-state index contributed by atoms with van der Waals surface area (Å²) in [6.07, 6.45) is 0. The third-order valence-corrected chi connectivity index (χ3v) is 4.41. The largest absolute Gasteiger partial charge is 0.490 e. The van der Waals surface area contributed by atoms with Crippen molar-refractivity contribution in [1.29, 1.82) is 0 Å². The maximum Gasteiger partial charge on any atom is 0.320 e. The van der Waals surface area contributed by atoms with Gasteiger partial charge < -0.3 is 19.9 Å². The minimum Gasteiger partial charge on any atom is -0.490 e. The molecule has 0 fully saturated rings. The van der Waals surface area contributed by atoms with Crippen LogP contribution < -0.4 is 14.8 Å². The smallest absolute Gasteiger partial charge is 0.320 e. The number of rotatable bonds is 9. The number of nitrogens with one attached hydrogen (secondary N) is 1. The van der Waals surface area contributed by atoms with Gasteiger partial charge in [0.25, 0.3) is 0 Å². The minimum absolute atomic E-state index is 0.324. The Morgan fingerprint density at radius 3 is 2.46 bits per heavy atom. The zero-order valence-electron chi connectivity index (χ0n) is 14.6. The third kappa shape index (κ3) is 5.80. The SMILES string of the molecule is CCOc1cc(CNC(C)C(=O)O)ccc1OCc1ccc(Cl)c(Cl)c1. The molecule has 1 unspecified atom stereocenters. The first kappa shape index (κ1) is 20.4. The monoisotopic (exact) mass is 397 g/mol. The van der Waals surface area contributed by atoms with Gasteiger partial charge in [-0.3, -0.25) is 4.79 Å². The first-order chi connectivity index (χ1) is 12.4. The average Bonchev–Trinajstić information content (AvgIpc) is 2.61. The summed E-state index contributed by atoms with van der Waals surface area (Å²) in [5.41, 5.74) is 1.80. The van der Waals surface area contributed by atoms with Gasteiger partial charge in [0.15, 0.2) is 11.5 Å². The van der Waals surface area contributed by atoms with Gasteiger partial charge in [0.2, 0.25) is 0 Å². The standard InChI is InChI=1S/C19H21Cl2NO4/c1-3-25-18-9-13(10-22-12(2)19(23)24)5-7-17(18)26-11-14-4-6-15(20)16(21)8-14/h4-9,12,22H,3,10-11H2,1-2H3,(H,23,24). The van der Waals surface area contributed by atoms with Crippen molar-refractivity contribution in [3.05, 3.63) is 57.6 Å². The van der Waals surface area contributed by atoms with Gasteiger partial charge in [0.05, 0.1) is 16.7 Å². The summed E-state index contributed by atoms with van der Waals surface area (Å²) in [5, 5.41) is 12.8. The number of aliphatic carboxylic acids is 1. The van der Waals surface area contributed by atoms with Crippen LogP contribution in [0.1, 0.15) is 25.0 Å². The molecule has 7 heteroatoms. The van der Waals surface area contributed by atoms with Gasteiger partial charge in [-0.05, 0) is 49.2 Å².